The lowest BCUT2D eigenvalue weighted by atomic mass is 10.1. The fourth-order valence-corrected chi connectivity index (χ4v) is 3.58. The molecule has 1 aromatic carbocycles. The van der Waals surface area contributed by atoms with Gasteiger partial charge in [0.2, 0.25) is 5.91 Å². The van der Waals surface area contributed by atoms with E-state index in [0.29, 0.717) is 18.3 Å². The van der Waals surface area contributed by atoms with E-state index in [2.05, 4.69) is 10.2 Å². The van der Waals surface area contributed by atoms with E-state index in [0.717, 1.165) is 11.3 Å². The minimum absolute atomic E-state index is 0.115. The number of aryl methyl sites for hydroxylation is 1. The standard InChI is InChI=1S/C17H20N4O4S/c1-12-2-4-13(5-3-12)21-11-18-19-17(21)26-10-15(22)20-6-7-25-9-14(20)8-16(23)24/h2-5,11,14H,6-10H2,1H3,(H,23,24). The maximum atomic E-state index is 12.6. The molecule has 1 aromatic heterocycles. The largest absolute Gasteiger partial charge is 0.481 e. The Morgan fingerprint density at radius 1 is 1.35 bits per heavy atom. The third kappa shape index (κ3) is 4.41. The second-order valence-electron chi connectivity index (χ2n) is 6.02. The summed E-state index contributed by atoms with van der Waals surface area (Å²) in [5.41, 5.74) is 2.08. The van der Waals surface area contributed by atoms with E-state index in [1.54, 1.807) is 11.2 Å². The van der Waals surface area contributed by atoms with Gasteiger partial charge in [-0.1, -0.05) is 29.5 Å². The first-order chi connectivity index (χ1) is 12.5. The summed E-state index contributed by atoms with van der Waals surface area (Å²) in [6, 6.07) is 7.51. The number of aliphatic carboxylic acids is 1. The third-order valence-electron chi connectivity index (χ3n) is 4.11. The number of carboxylic acid groups (broad SMARTS) is 1. The number of amides is 1. The topological polar surface area (TPSA) is 97.5 Å². The number of nitrogens with zero attached hydrogens (tertiary/aromatic N) is 4. The molecular formula is C17H20N4O4S. The summed E-state index contributed by atoms with van der Waals surface area (Å²) in [4.78, 5) is 25.2. The highest BCUT2D eigenvalue weighted by molar-refractivity contribution is 7.99. The number of thioether (sulfide) groups is 1. The van der Waals surface area contributed by atoms with Crippen LogP contribution in [0, 0.1) is 6.92 Å². The molecule has 9 heteroatoms. The van der Waals surface area contributed by atoms with Crippen molar-refractivity contribution in [3.63, 3.8) is 0 Å². The highest BCUT2D eigenvalue weighted by Crippen LogP contribution is 2.21. The van der Waals surface area contributed by atoms with Gasteiger partial charge in [-0.25, -0.2) is 0 Å². The van der Waals surface area contributed by atoms with Crippen molar-refractivity contribution in [3.05, 3.63) is 36.2 Å². The number of aromatic nitrogens is 3. The van der Waals surface area contributed by atoms with Crippen LogP contribution in [0.2, 0.25) is 0 Å². The minimum Gasteiger partial charge on any atom is -0.481 e. The number of carboxylic acids is 1. The van der Waals surface area contributed by atoms with Crippen molar-refractivity contribution in [2.24, 2.45) is 0 Å². The molecule has 2 aromatic rings. The number of rotatable bonds is 6. The summed E-state index contributed by atoms with van der Waals surface area (Å²) in [6.07, 6.45) is 1.50. The van der Waals surface area contributed by atoms with Gasteiger partial charge in [0.1, 0.15) is 6.33 Å². The molecule has 0 saturated carbocycles. The van der Waals surface area contributed by atoms with Gasteiger partial charge in [0.05, 0.1) is 31.4 Å². The van der Waals surface area contributed by atoms with Gasteiger partial charge in [-0.05, 0) is 19.1 Å². The summed E-state index contributed by atoms with van der Waals surface area (Å²) < 4.78 is 7.13. The number of ether oxygens (including phenoxy) is 1. The second kappa shape index (κ2) is 8.33. The lowest BCUT2D eigenvalue weighted by molar-refractivity contribution is -0.144. The summed E-state index contributed by atoms with van der Waals surface area (Å²) in [5.74, 6) is -0.895. The van der Waals surface area contributed by atoms with Crippen LogP contribution in [0.15, 0.2) is 35.7 Å². The first-order valence-corrected chi connectivity index (χ1v) is 9.22. The fraction of sp³-hybridized carbons (Fsp3) is 0.412. The summed E-state index contributed by atoms with van der Waals surface area (Å²) in [6.45, 7) is 3.09. The molecule has 0 radical (unpaired) electrons. The molecule has 0 bridgehead atoms. The second-order valence-corrected chi connectivity index (χ2v) is 6.96. The molecule has 1 N–H and O–H groups in total. The Morgan fingerprint density at radius 2 is 2.12 bits per heavy atom. The minimum atomic E-state index is -0.940. The predicted octanol–water partition coefficient (Wildman–Crippen LogP) is 1.37. The Kier molecular flexibility index (Phi) is 5.89. The summed E-state index contributed by atoms with van der Waals surface area (Å²) >= 11 is 1.29. The van der Waals surface area contributed by atoms with E-state index >= 15 is 0 Å². The molecule has 8 nitrogen and oxygen atoms in total. The zero-order valence-electron chi connectivity index (χ0n) is 14.4. The molecule has 2 heterocycles. The van der Waals surface area contributed by atoms with E-state index in [9.17, 15) is 9.59 Å². The first-order valence-electron chi connectivity index (χ1n) is 8.23. The molecule has 138 valence electrons. The summed E-state index contributed by atoms with van der Waals surface area (Å²) in [7, 11) is 0. The molecular weight excluding hydrogens is 356 g/mol. The van der Waals surface area contributed by atoms with Gasteiger partial charge in [-0.15, -0.1) is 10.2 Å². The highest BCUT2D eigenvalue weighted by atomic mass is 32.2. The van der Waals surface area contributed by atoms with Gasteiger partial charge < -0.3 is 14.7 Å². The van der Waals surface area contributed by atoms with Gasteiger partial charge in [-0.3, -0.25) is 14.2 Å². The van der Waals surface area contributed by atoms with Crippen LogP contribution in [0.3, 0.4) is 0 Å². The van der Waals surface area contributed by atoms with Crippen LogP contribution >= 0.6 is 11.8 Å². The van der Waals surface area contributed by atoms with Crippen molar-refractivity contribution >= 4 is 23.6 Å². The maximum Gasteiger partial charge on any atom is 0.305 e. The van der Waals surface area contributed by atoms with Crippen LogP contribution < -0.4 is 0 Å². The third-order valence-corrected chi connectivity index (χ3v) is 5.04. The van der Waals surface area contributed by atoms with Crippen LogP contribution in [0.25, 0.3) is 5.69 Å². The van der Waals surface area contributed by atoms with E-state index in [1.165, 1.54) is 11.8 Å². The highest BCUT2D eigenvalue weighted by Gasteiger charge is 2.29. The average Bonchev–Trinajstić information content (AvgIpc) is 3.09. The Morgan fingerprint density at radius 3 is 2.85 bits per heavy atom. The predicted molar refractivity (Wildman–Crippen MR) is 95.4 cm³/mol. The van der Waals surface area contributed by atoms with E-state index in [-0.39, 0.29) is 24.7 Å². The molecule has 0 aliphatic carbocycles. The lowest BCUT2D eigenvalue weighted by Crippen LogP contribution is -2.50. The lowest BCUT2D eigenvalue weighted by Gasteiger charge is -2.34. The molecule has 1 amide bonds. The van der Waals surface area contributed by atoms with Crippen LogP contribution in [-0.2, 0) is 14.3 Å². The Hall–Kier alpha value is -2.39. The maximum absolute atomic E-state index is 12.6. The Balaban J connectivity index is 1.65. The number of hydrogen-bond acceptors (Lipinski definition) is 6. The van der Waals surface area contributed by atoms with Crippen LogP contribution in [-0.4, -0.2) is 68.2 Å². The number of carbonyl (C=O) groups excluding carboxylic acids is 1. The zero-order valence-corrected chi connectivity index (χ0v) is 15.2. The van der Waals surface area contributed by atoms with Crippen molar-refractivity contribution in [1.29, 1.82) is 0 Å². The van der Waals surface area contributed by atoms with E-state index in [1.807, 2.05) is 35.8 Å². The molecule has 1 aliphatic rings. The first kappa shape index (κ1) is 18.4. The van der Waals surface area contributed by atoms with Crippen molar-refractivity contribution < 1.29 is 19.4 Å². The van der Waals surface area contributed by atoms with Gasteiger partial charge in [0, 0.05) is 12.2 Å². The van der Waals surface area contributed by atoms with Gasteiger partial charge in [0.25, 0.3) is 0 Å². The Labute approximate surface area is 155 Å². The number of morpholine rings is 1. The molecule has 1 unspecified atom stereocenters. The molecule has 1 fully saturated rings. The van der Waals surface area contributed by atoms with Crippen LogP contribution in [0.4, 0.5) is 0 Å². The monoisotopic (exact) mass is 376 g/mol. The normalized spacial score (nSPS) is 17.3. The SMILES string of the molecule is Cc1ccc(-n2cnnc2SCC(=O)N2CCOCC2CC(=O)O)cc1. The van der Waals surface area contributed by atoms with Crippen LogP contribution in [0.5, 0.6) is 0 Å². The Bertz CT molecular complexity index is 777. The van der Waals surface area contributed by atoms with E-state index in [4.69, 9.17) is 9.84 Å². The number of hydrogen-bond donors (Lipinski definition) is 1. The molecule has 0 spiro atoms. The van der Waals surface area contributed by atoms with Crippen molar-refractivity contribution in [3.8, 4) is 5.69 Å². The zero-order chi connectivity index (χ0) is 18.5. The van der Waals surface area contributed by atoms with E-state index < -0.39 is 12.0 Å². The number of carbonyl (C=O) groups is 2. The number of benzene rings is 1. The molecule has 1 saturated heterocycles. The molecule has 26 heavy (non-hydrogen) atoms. The molecule has 1 atom stereocenters. The quantitative estimate of drug-likeness (QED) is 0.761. The van der Waals surface area contributed by atoms with Crippen molar-refractivity contribution in [2.45, 2.75) is 24.5 Å². The van der Waals surface area contributed by atoms with Gasteiger partial charge in [-0.2, -0.15) is 0 Å². The smallest absolute Gasteiger partial charge is 0.305 e. The fourth-order valence-electron chi connectivity index (χ4n) is 2.77. The van der Waals surface area contributed by atoms with Crippen molar-refractivity contribution in [1.82, 2.24) is 19.7 Å². The molecule has 1 aliphatic heterocycles. The summed E-state index contributed by atoms with van der Waals surface area (Å²) in [5, 5.41) is 17.6. The van der Waals surface area contributed by atoms with Crippen LogP contribution in [0.1, 0.15) is 12.0 Å². The average molecular weight is 376 g/mol. The van der Waals surface area contributed by atoms with Gasteiger partial charge in [0.15, 0.2) is 5.16 Å². The molecule has 3 rings (SSSR count). The van der Waals surface area contributed by atoms with Gasteiger partial charge >= 0.3 is 5.97 Å². The van der Waals surface area contributed by atoms with Crippen molar-refractivity contribution in [2.75, 3.05) is 25.5 Å².